The van der Waals surface area contributed by atoms with Crippen molar-refractivity contribution in [2.24, 2.45) is 0 Å². The van der Waals surface area contributed by atoms with Gasteiger partial charge in [0.15, 0.2) is 5.69 Å². The molecule has 25 heavy (non-hydrogen) atoms. The van der Waals surface area contributed by atoms with E-state index in [0.717, 1.165) is 36.1 Å². The molecule has 0 aliphatic carbocycles. The first-order chi connectivity index (χ1) is 11.6. The quantitative estimate of drug-likeness (QED) is 0.779. The van der Waals surface area contributed by atoms with Crippen molar-refractivity contribution in [1.29, 1.82) is 0 Å². The Labute approximate surface area is 161 Å². The zero-order valence-corrected chi connectivity index (χ0v) is 16.5. The SMILES string of the molecule is COc1ccc(Br)cc1NC(=O)c1nnn(C2CCNCC2)c1C.Cl. The number of carbonyl (C=O) groups is 1. The van der Waals surface area contributed by atoms with E-state index in [9.17, 15) is 4.79 Å². The second kappa shape index (κ2) is 8.64. The third kappa shape index (κ3) is 4.31. The van der Waals surface area contributed by atoms with Gasteiger partial charge in [0.25, 0.3) is 5.91 Å². The van der Waals surface area contributed by atoms with Gasteiger partial charge in [0, 0.05) is 4.47 Å². The fraction of sp³-hybridized carbons (Fsp3) is 0.438. The van der Waals surface area contributed by atoms with E-state index in [1.165, 1.54) is 0 Å². The number of benzene rings is 1. The molecule has 136 valence electrons. The first-order valence-corrected chi connectivity index (χ1v) is 8.67. The molecule has 1 amide bonds. The molecular formula is C16H21BrClN5O2. The molecule has 2 heterocycles. The fourth-order valence-electron chi connectivity index (χ4n) is 2.91. The van der Waals surface area contributed by atoms with Crippen LogP contribution in [0.1, 0.15) is 35.1 Å². The summed E-state index contributed by atoms with van der Waals surface area (Å²) in [6, 6.07) is 5.73. The van der Waals surface area contributed by atoms with E-state index in [0.29, 0.717) is 23.2 Å². The fourth-order valence-corrected chi connectivity index (χ4v) is 3.27. The maximum Gasteiger partial charge on any atom is 0.278 e. The lowest BCUT2D eigenvalue weighted by atomic mass is 10.1. The van der Waals surface area contributed by atoms with Crippen LogP contribution in [0.15, 0.2) is 22.7 Å². The number of anilines is 1. The number of hydrogen-bond acceptors (Lipinski definition) is 5. The van der Waals surface area contributed by atoms with E-state index in [1.54, 1.807) is 19.2 Å². The molecule has 7 nitrogen and oxygen atoms in total. The molecule has 3 rings (SSSR count). The number of nitrogens with zero attached hydrogens (tertiary/aromatic N) is 3. The molecule has 0 spiro atoms. The first-order valence-electron chi connectivity index (χ1n) is 7.87. The Hall–Kier alpha value is -1.64. The van der Waals surface area contributed by atoms with Gasteiger partial charge in [-0.05, 0) is 51.1 Å². The molecule has 1 fully saturated rings. The van der Waals surface area contributed by atoms with Crippen LogP contribution in [0.2, 0.25) is 0 Å². The molecule has 0 atom stereocenters. The van der Waals surface area contributed by atoms with Crippen molar-refractivity contribution in [3.63, 3.8) is 0 Å². The van der Waals surface area contributed by atoms with Crippen LogP contribution >= 0.6 is 28.3 Å². The molecule has 1 aromatic carbocycles. The Kier molecular flexibility index (Phi) is 6.80. The molecule has 1 aromatic heterocycles. The van der Waals surface area contributed by atoms with Gasteiger partial charge in [-0.2, -0.15) is 0 Å². The van der Waals surface area contributed by atoms with Crippen LogP contribution in [0.5, 0.6) is 5.75 Å². The van der Waals surface area contributed by atoms with Gasteiger partial charge in [0.1, 0.15) is 5.75 Å². The van der Waals surface area contributed by atoms with Crippen molar-refractivity contribution in [3.05, 3.63) is 34.1 Å². The monoisotopic (exact) mass is 429 g/mol. The number of hydrogen-bond donors (Lipinski definition) is 2. The standard InChI is InChI=1S/C16H20BrN5O2.ClH/c1-10-15(20-21-22(10)12-5-7-18-8-6-12)16(23)19-13-9-11(17)3-4-14(13)24-2;/h3-4,9,12,18H,5-8H2,1-2H3,(H,19,23);1H. The van der Waals surface area contributed by atoms with Gasteiger partial charge >= 0.3 is 0 Å². The molecule has 2 aromatic rings. The molecule has 1 aliphatic heterocycles. The van der Waals surface area contributed by atoms with E-state index in [1.807, 2.05) is 17.7 Å². The number of halogens is 2. The second-order valence-electron chi connectivity index (χ2n) is 5.75. The molecule has 0 bridgehead atoms. The van der Waals surface area contributed by atoms with Gasteiger partial charge < -0.3 is 15.4 Å². The molecule has 2 N–H and O–H groups in total. The van der Waals surface area contributed by atoms with E-state index in [4.69, 9.17) is 4.74 Å². The average Bonchev–Trinajstić information content (AvgIpc) is 2.97. The summed E-state index contributed by atoms with van der Waals surface area (Å²) < 4.78 is 8.01. The lowest BCUT2D eigenvalue weighted by Crippen LogP contribution is -2.30. The van der Waals surface area contributed by atoms with Gasteiger partial charge in [-0.1, -0.05) is 21.1 Å². The highest BCUT2D eigenvalue weighted by atomic mass is 79.9. The minimum atomic E-state index is -0.288. The van der Waals surface area contributed by atoms with Gasteiger partial charge in [-0.15, -0.1) is 17.5 Å². The number of piperidine rings is 1. The van der Waals surface area contributed by atoms with Crippen LogP contribution in [0.25, 0.3) is 0 Å². The first kappa shape index (κ1) is 19.7. The maximum absolute atomic E-state index is 12.6. The summed E-state index contributed by atoms with van der Waals surface area (Å²) in [6.45, 7) is 3.80. The largest absolute Gasteiger partial charge is 0.495 e. The van der Waals surface area contributed by atoms with Gasteiger partial charge in [-0.3, -0.25) is 4.79 Å². The number of ether oxygens (including phenoxy) is 1. The van der Waals surface area contributed by atoms with Crippen molar-refractivity contribution < 1.29 is 9.53 Å². The Balaban J connectivity index is 0.00000225. The predicted molar refractivity (Wildman–Crippen MR) is 102 cm³/mol. The Morgan fingerprint density at radius 2 is 2.12 bits per heavy atom. The summed E-state index contributed by atoms with van der Waals surface area (Å²) in [5, 5.41) is 14.5. The summed E-state index contributed by atoms with van der Waals surface area (Å²) in [5.74, 6) is 0.305. The zero-order valence-electron chi connectivity index (χ0n) is 14.1. The molecule has 0 saturated carbocycles. The minimum Gasteiger partial charge on any atom is -0.495 e. The third-order valence-electron chi connectivity index (χ3n) is 4.21. The van der Waals surface area contributed by atoms with Gasteiger partial charge in [0.2, 0.25) is 0 Å². The Morgan fingerprint density at radius 3 is 2.80 bits per heavy atom. The van der Waals surface area contributed by atoms with Gasteiger partial charge in [0.05, 0.1) is 24.5 Å². The number of amides is 1. The van der Waals surface area contributed by atoms with Crippen LogP contribution in [0.3, 0.4) is 0 Å². The average molecular weight is 431 g/mol. The van der Waals surface area contributed by atoms with Crippen molar-refractivity contribution in [1.82, 2.24) is 20.3 Å². The van der Waals surface area contributed by atoms with E-state index >= 15 is 0 Å². The van der Waals surface area contributed by atoms with Gasteiger partial charge in [-0.25, -0.2) is 4.68 Å². The predicted octanol–water partition coefficient (Wildman–Crippen LogP) is 2.96. The molecule has 0 unspecified atom stereocenters. The summed E-state index contributed by atoms with van der Waals surface area (Å²) >= 11 is 3.40. The normalized spacial score (nSPS) is 14.7. The zero-order chi connectivity index (χ0) is 17.1. The lowest BCUT2D eigenvalue weighted by Gasteiger charge is -2.23. The number of nitrogens with one attached hydrogen (secondary N) is 2. The van der Waals surface area contributed by atoms with Crippen LogP contribution in [0.4, 0.5) is 5.69 Å². The van der Waals surface area contributed by atoms with Crippen molar-refractivity contribution in [2.75, 3.05) is 25.5 Å². The lowest BCUT2D eigenvalue weighted by molar-refractivity contribution is 0.102. The molecule has 0 radical (unpaired) electrons. The topological polar surface area (TPSA) is 81.1 Å². The second-order valence-corrected chi connectivity index (χ2v) is 6.66. The van der Waals surface area contributed by atoms with E-state index in [-0.39, 0.29) is 18.3 Å². The van der Waals surface area contributed by atoms with Crippen LogP contribution in [0, 0.1) is 6.92 Å². The smallest absolute Gasteiger partial charge is 0.278 e. The highest BCUT2D eigenvalue weighted by Gasteiger charge is 2.23. The third-order valence-corrected chi connectivity index (χ3v) is 4.70. The summed E-state index contributed by atoms with van der Waals surface area (Å²) in [7, 11) is 1.57. The Bertz CT molecular complexity index is 746. The molecule has 1 aliphatic rings. The summed E-state index contributed by atoms with van der Waals surface area (Å²) in [4.78, 5) is 12.6. The van der Waals surface area contributed by atoms with Crippen LogP contribution in [-0.4, -0.2) is 41.1 Å². The Morgan fingerprint density at radius 1 is 1.40 bits per heavy atom. The van der Waals surface area contributed by atoms with Crippen molar-refractivity contribution in [2.45, 2.75) is 25.8 Å². The molecule has 9 heteroatoms. The number of aromatic nitrogens is 3. The molecular weight excluding hydrogens is 410 g/mol. The van der Waals surface area contributed by atoms with Crippen LogP contribution in [-0.2, 0) is 0 Å². The highest BCUT2D eigenvalue weighted by molar-refractivity contribution is 9.10. The number of rotatable bonds is 4. The van der Waals surface area contributed by atoms with Crippen LogP contribution < -0.4 is 15.4 Å². The van der Waals surface area contributed by atoms with Crippen molar-refractivity contribution in [3.8, 4) is 5.75 Å². The van der Waals surface area contributed by atoms with E-state index < -0.39 is 0 Å². The summed E-state index contributed by atoms with van der Waals surface area (Å²) in [5.41, 5.74) is 1.72. The number of carbonyl (C=O) groups excluding carboxylic acids is 1. The highest BCUT2D eigenvalue weighted by Crippen LogP contribution is 2.28. The maximum atomic E-state index is 12.6. The summed E-state index contributed by atoms with van der Waals surface area (Å²) in [6.07, 6.45) is 1.98. The van der Waals surface area contributed by atoms with E-state index in [2.05, 4.69) is 36.9 Å². The molecule has 1 saturated heterocycles. The number of methoxy groups -OCH3 is 1. The minimum absolute atomic E-state index is 0. The van der Waals surface area contributed by atoms with Crippen molar-refractivity contribution >= 4 is 39.9 Å².